The Kier molecular flexibility index (Phi) is 4.41. The molecule has 1 aromatic carbocycles. The molecule has 0 aliphatic carbocycles. The highest BCUT2D eigenvalue weighted by molar-refractivity contribution is 7.85. The highest BCUT2D eigenvalue weighted by atomic mass is 35.5. The maximum absolute atomic E-state index is 11.7. The molecule has 1 N–H and O–H groups in total. The number of amides is 1. The third-order valence-electron chi connectivity index (χ3n) is 2.31. The minimum Gasteiger partial charge on any atom is -0.742 e. The topological polar surface area (TPSA) is 112 Å². The number of hydrogen-bond acceptors (Lipinski definition) is 6. The molecule has 7 nitrogen and oxygen atoms in total. The van der Waals surface area contributed by atoms with E-state index in [1.165, 1.54) is 18.2 Å². The van der Waals surface area contributed by atoms with Crippen molar-refractivity contribution in [2.75, 3.05) is 0 Å². The second-order valence-corrected chi connectivity index (χ2v) is 5.56. The van der Waals surface area contributed by atoms with Crippen molar-refractivity contribution in [1.82, 2.24) is 5.43 Å². The summed E-state index contributed by atoms with van der Waals surface area (Å²) in [5, 5.41) is 3.37. The average Bonchev–Trinajstić information content (AvgIpc) is 2.88. The molecule has 2 rings (SSSR count). The number of halogens is 1. The van der Waals surface area contributed by atoms with E-state index in [0.29, 0.717) is 10.6 Å². The van der Waals surface area contributed by atoms with Gasteiger partial charge in [-0.1, -0.05) is 11.6 Å². The number of rotatable bonds is 4. The van der Waals surface area contributed by atoms with Crippen molar-refractivity contribution in [2.24, 2.45) is 5.10 Å². The largest absolute Gasteiger partial charge is 0.742 e. The molecule has 2 aromatic rings. The van der Waals surface area contributed by atoms with E-state index < -0.39 is 21.1 Å². The van der Waals surface area contributed by atoms with Crippen LogP contribution in [0.15, 0.2) is 51.0 Å². The van der Waals surface area contributed by atoms with E-state index in [-0.39, 0.29) is 5.76 Å². The van der Waals surface area contributed by atoms with E-state index in [9.17, 15) is 17.8 Å². The van der Waals surface area contributed by atoms with Crippen LogP contribution in [-0.2, 0) is 10.1 Å². The van der Waals surface area contributed by atoms with Crippen molar-refractivity contribution in [3.8, 4) is 0 Å². The molecule has 0 aliphatic rings. The van der Waals surface area contributed by atoms with Crippen molar-refractivity contribution in [2.45, 2.75) is 5.09 Å². The van der Waals surface area contributed by atoms with Crippen LogP contribution < -0.4 is 5.43 Å². The molecule has 1 aromatic heterocycles. The fourth-order valence-electron chi connectivity index (χ4n) is 1.36. The molecule has 1 heterocycles. The Hall–Kier alpha value is -2.16. The summed E-state index contributed by atoms with van der Waals surface area (Å²) in [6, 6.07) is 8.38. The first-order valence-electron chi connectivity index (χ1n) is 5.51. The molecule has 0 bridgehead atoms. The summed E-state index contributed by atoms with van der Waals surface area (Å²) < 4.78 is 36.7. The summed E-state index contributed by atoms with van der Waals surface area (Å²) in [4.78, 5) is 11.7. The van der Waals surface area contributed by atoms with Crippen LogP contribution in [0, 0.1) is 0 Å². The summed E-state index contributed by atoms with van der Waals surface area (Å²) in [7, 11) is -4.65. The van der Waals surface area contributed by atoms with Crippen LogP contribution in [0.25, 0.3) is 0 Å². The van der Waals surface area contributed by atoms with Gasteiger partial charge in [0.15, 0.2) is 10.1 Å². The minimum absolute atomic E-state index is 0.0147. The zero-order chi connectivity index (χ0) is 15.5. The number of hydrazone groups is 1. The van der Waals surface area contributed by atoms with E-state index in [4.69, 9.17) is 16.0 Å². The smallest absolute Gasteiger partial charge is 0.271 e. The predicted molar refractivity (Wildman–Crippen MR) is 73.2 cm³/mol. The highest BCUT2D eigenvalue weighted by Crippen LogP contribution is 2.12. The SMILES string of the molecule is O=C(NN=Cc1ccc(S(=O)(=O)[O-])o1)c1ccc(Cl)cc1. The molecule has 110 valence electrons. The van der Waals surface area contributed by atoms with Gasteiger partial charge in [0.1, 0.15) is 5.76 Å². The van der Waals surface area contributed by atoms with Gasteiger partial charge in [-0.3, -0.25) is 4.79 Å². The van der Waals surface area contributed by atoms with E-state index in [1.54, 1.807) is 12.1 Å². The summed E-state index contributed by atoms with van der Waals surface area (Å²) >= 11 is 5.69. The molecule has 1 amide bonds. The number of benzene rings is 1. The normalized spacial score (nSPS) is 11.7. The van der Waals surface area contributed by atoms with Gasteiger partial charge in [-0.15, -0.1) is 0 Å². The van der Waals surface area contributed by atoms with Crippen LogP contribution in [0.4, 0.5) is 0 Å². The number of hydrogen-bond donors (Lipinski definition) is 1. The van der Waals surface area contributed by atoms with Crippen LogP contribution in [0.1, 0.15) is 16.1 Å². The lowest BCUT2D eigenvalue weighted by Crippen LogP contribution is -2.17. The van der Waals surface area contributed by atoms with E-state index in [1.807, 2.05) is 0 Å². The number of carbonyl (C=O) groups is 1. The fraction of sp³-hybridized carbons (Fsp3) is 0. The molecular weight excluding hydrogens is 320 g/mol. The molecule has 0 atom stereocenters. The molecule has 0 saturated carbocycles. The summed E-state index contributed by atoms with van der Waals surface area (Å²) in [5.41, 5.74) is 2.56. The summed E-state index contributed by atoms with van der Waals surface area (Å²) in [6.07, 6.45) is 1.07. The van der Waals surface area contributed by atoms with E-state index in [0.717, 1.165) is 12.3 Å². The number of nitrogens with zero attached hydrogens (tertiary/aromatic N) is 1. The quantitative estimate of drug-likeness (QED) is 0.520. The Morgan fingerprint density at radius 2 is 1.90 bits per heavy atom. The van der Waals surface area contributed by atoms with Gasteiger partial charge in [-0.2, -0.15) is 5.10 Å². The van der Waals surface area contributed by atoms with Crippen molar-refractivity contribution in [1.29, 1.82) is 0 Å². The van der Waals surface area contributed by atoms with Crippen LogP contribution in [-0.4, -0.2) is 25.1 Å². The van der Waals surface area contributed by atoms with Crippen molar-refractivity contribution >= 4 is 33.8 Å². The first-order valence-corrected chi connectivity index (χ1v) is 7.29. The monoisotopic (exact) mass is 327 g/mol. The zero-order valence-electron chi connectivity index (χ0n) is 10.3. The average molecular weight is 328 g/mol. The standard InChI is InChI=1S/C12H9ClN2O5S/c13-9-3-1-8(2-4-9)12(16)15-14-7-10-5-6-11(20-10)21(17,18)19/h1-7H,(H,15,16)(H,17,18,19)/p-1. The van der Waals surface area contributed by atoms with Gasteiger partial charge in [-0.05, 0) is 36.4 Å². The van der Waals surface area contributed by atoms with Gasteiger partial charge in [0, 0.05) is 10.6 Å². The molecule has 0 spiro atoms. The lowest BCUT2D eigenvalue weighted by atomic mass is 10.2. The van der Waals surface area contributed by atoms with Crippen LogP contribution >= 0.6 is 11.6 Å². The molecular formula is C12H8ClN2O5S-. The second-order valence-electron chi connectivity index (χ2n) is 3.82. The first kappa shape index (κ1) is 15.2. The van der Waals surface area contributed by atoms with Gasteiger partial charge in [0.2, 0.25) is 5.09 Å². The Bertz CT molecular complexity index is 780. The summed E-state index contributed by atoms with van der Waals surface area (Å²) in [6.45, 7) is 0. The van der Waals surface area contributed by atoms with Gasteiger partial charge < -0.3 is 8.97 Å². The van der Waals surface area contributed by atoms with Crippen LogP contribution in [0.2, 0.25) is 5.02 Å². The van der Waals surface area contributed by atoms with Crippen LogP contribution in [0.3, 0.4) is 0 Å². The Morgan fingerprint density at radius 1 is 1.24 bits per heavy atom. The first-order chi connectivity index (χ1) is 9.86. The Morgan fingerprint density at radius 3 is 2.48 bits per heavy atom. The van der Waals surface area contributed by atoms with E-state index in [2.05, 4.69) is 10.5 Å². The van der Waals surface area contributed by atoms with Gasteiger partial charge in [0.05, 0.1) is 6.21 Å². The molecule has 21 heavy (non-hydrogen) atoms. The lowest BCUT2D eigenvalue weighted by molar-refractivity contribution is 0.0955. The second kappa shape index (κ2) is 6.08. The maximum Gasteiger partial charge on any atom is 0.271 e. The third-order valence-corrected chi connectivity index (χ3v) is 3.28. The maximum atomic E-state index is 11.7. The predicted octanol–water partition coefficient (Wildman–Crippen LogP) is 1.60. The highest BCUT2D eigenvalue weighted by Gasteiger charge is 2.07. The van der Waals surface area contributed by atoms with Crippen molar-refractivity contribution in [3.05, 3.63) is 52.7 Å². The number of carbonyl (C=O) groups excluding carboxylic acids is 1. The molecule has 0 saturated heterocycles. The Labute approximate surface area is 125 Å². The molecule has 0 radical (unpaired) electrons. The molecule has 0 unspecified atom stereocenters. The van der Waals surface area contributed by atoms with Crippen molar-refractivity contribution in [3.63, 3.8) is 0 Å². The number of nitrogens with one attached hydrogen (secondary N) is 1. The molecule has 9 heteroatoms. The van der Waals surface area contributed by atoms with Crippen LogP contribution in [0.5, 0.6) is 0 Å². The van der Waals surface area contributed by atoms with Gasteiger partial charge in [0.25, 0.3) is 5.91 Å². The van der Waals surface area contributed by atoms with E-state index >= 15 is 0 Å². The third kappa shape index (κ3) is 4.15. The van der Waals surface area contributed by atoms with Gasteiger partial charge in [-0.25, -0.2) is 13.8 Å². The summed E-state index contributed by atoms with van der Waals surface area (Å²) in [5.74, 6) is -0.466. The molecule has 0 aliphatic heterocycles. The van der Waals surface area contributed by atoms with Gasteiger partial charge >= 0.3 is 0 Å². The minimum atomic E-state index is -4.65. The Balaban J connectivity index is 2.01. The lowest BCUT2D eigenvalue weighted by Gasteiger charge is -2.00. The molecule has 0 fully saturated rings. The van der Waals surface area contributed by atoms with Crippen molar-refractivity contribution < 1.29 is 22.2 Å². The number of furan rings is 1. The zero-order valence-corrected chi connectivity index (χ0v) is 11.9. The fourth-order valence-corrected chi connectivity index (χ4v) is 1.92.